The number of hydrogen-bond acceptors (Lipinski definition) is 5. The number of aryl methyl sites for hydroxylation is 2. The first-order valence-electron chi connectivity index (χ1n) is 7.46. The maximum atomic E-state index is 11.8. The summed E-state index contributed by atoms with van der Waals surface area (Å²) in [5, 5.41) is 0. The summed E-state index contributed by atoms with van der Waals surface area (Å²) in [6.45, 7) is 3.86. The Morgan fingerprint density at radius 1 is 1.24 bits per heavy atom. The lowest BCUT2D eigenvalue weighted by molar-refractivity contribution is 0.548. The van der Waals surface area contributed by atoms with Crippen molar-refractivity contribution in [2.24, 2.45) is 0 Å². The molecule has 0 amide bonds. The highest BCUT2D eigenvalue weighted by molar-refractivity contribution is 7.92. The van der Waals surface area contributed by atoms with Crippen LogP contribution in [0.3, 0.4) is 0 Å². The van der Waals surface area contributed by atoms with E-state index in [0.29, 0.717) is 12.5 Å². The highest BCUT2D eigenvalue weighted by Gasteiger charge is 2.32. The Morgan fingerprint density at radius 3 is 2.57 bits per heavy atom. The molecule has 1 aromatic rings. The van der Waals surface area contributed by atoms with Crippen molar-refractivity contribution in [1.82, 2.24) is 9.97 Å². The second-order valence-electron chi connectivity index (χ2n) is 6.59. The second kappa shape index (κ2) is 5.91. The van der Waals surface area contributed by atoms with Gasteiger partial charge in [0.15, 0.2) is 9.84 Å². The molecule has 118 valence electrons. The molecule has 2 rings (SSSR count). The van der Waals surface area contributed by atoms with Gasteiger partial charge >= 0.3 is 0 Å². The van der Waals surface area contributed by atoms with Gasteiger partial charge in [0.05, 0.1) is 4.75 Å². The Bertz CT molecular complexity index is 611. The largest absolute Gasteiger partial charge is 0.342 e. The first-order chi connectivity index (χ1) is 9.71. The number of rotatable bonds is 4. The summed E-state index contributed by atoms with van der Waals surface area (Å²) in [5.74, 6) is 0.618. The van der Waals surface area contributed by atoms with Gasteiger partial charge in [0.25, 0.3) is 0 Å². The van der Waals surface area contributed by atoms with Crippen LogP contribution >= 0.6 is 0 Å². The van der Waals surface area contributed by atoms with Gasteiger partial charge in [0, 0.05) is 31.7 Å². The van der Waals surface area contributed by atoms with Gasteiger partial charge in [-0.3, -0.25) is 0 Å². The van der Waals surface area contributed by atoms with Crippen molar-refractivity contribution in [3.05, 3.63) is 17.5 Å². The molecule has 1 aliphatic rings. The molecule has 21 heavy (non-hydrogen) atoms. The second-order valence-corrected chi connectivity index (χ2v) is 9.24. The molecule has 0 radical (unpaired) electrons. The van der Waals surface area contributed by atoms with E-state index in [1.54, 1.807) is 13.8 Å². The van der Waals surface area contributed by atoms with E-state index in [1.807, 2.05) is 18.1 Å². The summed E-state index contributed by atoms with van der Waals surface area (Å²) in [6, 6.07) is 0. The molecular weight excluding hydrogens is 286 g/mol. The lowest BCUT2D eigenvalue weighted by Crippen LogP contribution is -2.43. The van der Waals surface area contributed by atoms with Gasteiger partial charge in [-0.1, -0.05) is 6.42 Å². The van der Waals surface area contributed by atoms with Crippen molar-refractivity contribution in [2.75, 3.05) is 24.7 Å². The van der Waals surface area contributed by atoms with E-state index in [1.165, 1.54) is 31.1 Å². The van der Waals surface area contributed by atoms with Crippen LogP contribution in [0.1, 0.15) is 44.4 Å². The van der Waals surface area contributed by atoms with Gasteiger partial charge in [0.2, 0.25) is 5.95 Å². The number of nitrogens with zero attached hydrogens (tertiary/aromatic N) is 3. The first-order valence-corrected chi connectivity index (χ1v) is 9.35. The van der Waals surface area contributed by atoms with Crippen LogP contribution in [0.15, 0.2) is 6.20 Å². The van der Waals surface area contributed by atoms with E-state index in [0.717, 1.165) is 18.5 Å². The third kappa shape index (κ3) is 3.73. The molecule has 0 aliphatic heterocycles. The number of hydrogen-bond donors (Lipinski definition) is 0. The third-order valence-corrected chi connectivity index (χ3v) is 6.40. The highest BCUT2D eigenvalue weighted by Crippen LogP contribution is 2.22. The van der Waals surface area contributed by atoms with Crippen molar-refractivity contribution in [1.29, 1.82) is 0 Å². The monoisotopic (exact) mass is 311 g/mol. The van der Waals surface area contributed by atoms with E-state index in [2.05, 4.69) is 9.97 Å². The van der Waals surface area contributed by atoms with Crippen LogP contribution in [0.2, 0.25) is 0 Å². The molecule has 0 saturated carbocycles. The van der Waals surface area contributed by atoms with Gasteiger partial charge in [-0.2, -0.15) is 0 Å². The summed E-state index contributed by atoms with van der Waals surface area (Å²) >= 11 is 0. The zero-order chi connectivity index (χ0) is 15.7. The third-order valence-electron chi connectivity index (χ3n) is 4.26. The van der Waals surface area contributed by atoms with Crippen LogP contribution in [0.5, 0.6) is 0 Å². The number of sulfone groups is 1. The normalized spacial score (nSPS) is 16.2. The summed E-state index contributed by atoms with van der Waals surface area (Å²) in [6.07, 6.45) is 8.84. The molecular formula is C15H25N3O2S. The summed E-state index contributed by atoms with van der Waals surface area (Å²) in [7, 11) is -1.27. The SMILES string of the molecule is CN(CC(C)(C)S(C)(=O)=O)c1ncc2c(n1)CCCCC2. The minimum Gasteiger partial charge on any atom is -0.342 e. The summed E-state index contributed by atoms with van der Waals surface area (Å²) in [4.78, 5) is 10.9. The fourth-order valence-corrected chi connectivity index (χ4v) is 3.01. The number of fused-ring (bicyclic) bond motifs is 1. The van der Waals surface area contributed by atoms with Crippen LogP contribution in [-0.2, 0) is 22.7 Å². The molecule has 0 saturated heterocycles. The number of anilines is 1. The minimum absolute atomic E-state index is 0.380. The van der Waals surface area contributed by atoms with Crippen molar-refractivity contribution < 1.29 is 8.42 Å². The topological polar surface area (TPSA) is 63.2 Å². The van der Waals surface area contributed by atoms with Gasteiger partial charge < -0.3 is 4.90 Å². The molecule has 0 N–H and O–H groups in total. The van der Waals surface area contributed by atoms with Crippen LogP contribution in [-0.4, -0.2) is 43.0 Å². The van der Waals surface area contributed by atoms with Crippen LogP contribution in [0.4, 0.5) is 5.95 Å². The van der Waals surface area contributed by atoms with Gasteiger partial charge in [-0.15, -0.1) is 0 Å². The maximum Gasteiger partial charge on any atom is 0.225 e. The minimum atomic E-state index is -3.13. The zero-order valence-electron chi connectivity index (χ0n) is 13.4. The van der Waals surface area contributed by atoms with Gasteiger partial charge in [-0.25, -0.2) is 18.4 Å². The quantitative estimate of drug-likeness (QED) is 0.796. The average Bonchev–Trinajstić information content (AvgIpc) is 2.60. The molecule has 1 heterocycles. The zero-order valence-corrected chi connectivity index (χ0v) is 14.2. The predicted molar refractivity (Wildman–Crippen MR) is 85.5 cm³/mol. The average molecular weight is 311 g/mol. The molecule has 1 aromatic heterocycles. The van der Waals surface area contributed by atoms with Crippen molar-refractivity contribution >= 4 is 15.8 Å². The lowest BCUT2D eigenvalue weighted by atomic mass is 10.1. The molecule has 0 unspecified atom stereocenters. The molecule has 0 aromatic carbocycles. The lowest BCUT2D eigenvalue weighted by Gasteiger charge is -2.29. The van der Waals surface area contributed by atoms with Gasteiger partial charge in [0.1, 0.15) is 0 Å². The van der Waals surface area contributed by atoms with E-state index in [-0.39, 0.29) is 0 Å². The van der Waals surface area contributed by atoms with E-state index >= 15 is 0 Å². The van der Waals surface area contributed by atoms with Gasteiger partial charge in [-0.05, 0) is 45.1 Å². The molecule has 0 fully saturated rings. The van der Waals surface area contributed by atoms with Crippen molar-refractivity contribution in [2.45, 2.75) is 50.7 Å². The molecule has 0 bridgehead atoms. The van der Waals surface area contributed by atoms with Crippen molar-refractivity contribution in [3.63, 3.8) is 0 Å². The molecule has 0 atom stereocenters. The number of aromatic nitrogens is 2. The highest BCUT2D eigenvalue weighted by atomic mass is 32.2. The Hall–Kier alpha value is -1.17. The Kier molecular flexibility index (Phi) is 4.56. The fourth-order valence-electron chi connectivity index (χ4n) is 2.58. The Morgan fingerprint density at radius 2 is 1.90 bits per heavy atom. The summed E-state index contributed by atoms with van der Waals surface area (Å²) in [5.41, 5.74) is 2.37. The Labute approximate surface area is 127 Å². The van der Waals surface area contributed by atoms with Crippen LogP contribution < -0.4 is 4.90 Å². The predicted octanol–water partition coefficient (Wildman–Crippen LogP) is 2.00. The van der Waals surface area contributed by atoms with Crippen LogP contribution in [0.25, 0.3) is 0 Å². The standard InChI is InChI=1S/C15H25N3O2S/c1-15(2,21(4,19)20)11-18(3)14-16-10-12-8-6-5-7-9-13(12)17-14/h10H,5-9,11H2,1-4H3. The molecule has 6 heteroatoms. The molecule has 5 nitrogen and oxygen atoms in total. The fraction of sp³-hybridized carbons (Fsp3) is 0.733. The van der Waals surface area contributed by atoms with E-state index in [4.69, 9.17) is 0 Å². The van der Waals surface area contributed by atoms with E-state index < -0.39 is 14.6 Å². The Balaban J connectivity index is 2.20. The van der Waals surface area contributed by atoms with Crippen LogP contribution in [0, 0.1) is 0 Å². The molecule has 0 spiro atoms. The maximum absolute atomic E-state index is 11.8. The smallest absolute Gasteiger partial charge is 0.225 e. The van der Waals surface area contributed by atoms with E-state index in [9.17, 15) is 8.42 Å². The molecule has 1 aliphatic carbocycles. The first kappa shape index (κ1) is 16.2. The summed E-state index contributed by atoms with van der Waals surface area (Å²) < 4.78 is 22.8. The van der Waals surface area contributed by atoms with Crippen molar-refractivity contribution in [3.8, 4) is 0 Å².